The molecule has 0 amide bonds. The number of ether oxygens (including phenoxy) is 1. The number of carboxylic acid groups (broad SMARTS) is 1. The van der Waals surface area contributed by atoms with Crippen LogP contribution in [0.2, 0.25) is 0 Å². The van der Waals surface area contributed by atoms with E-state index in [1.807, 2.05) is 36.4 Å². The van der Waals surface area contributed by atoms with Crippen LogP contribution in [0.15, 0.2) is 46.9 Å². The summed E-state index contributed by atoms with van der Waals surface area (Å²) in [5, 5.41) is 9.58. The second kappa shape index (κ2) is 4.70. The number of carboxylic acids is 1. The van der Waals surface area contributed by atoms with Crippen molar-refractivity contribution in [2.45, 2.75) is 12.5 Å². The van der Waals surface area contributed by atoms with Crippen molar-refractivity contribution in [2.24, 2.45) is 0 Å². The largest absolute Gasteiger partial charge is 0.489 e. The Hall–Kier alpha value is -1.81. The molecular formula is C15H11BrO3. The quantitative estimate of drug-likeness (QED) is 0.874. The Morgan fingerprint density at radius 1 is 1.21 bits per heavy atom. The zero-order valence-electron chi connectivity index (χ0n) is 9.97. The van der Waals surface area contributed by atoms with E-state index < -0.39 is 11.9 Å². The van der Waals surface area contributed by atoms with E-state index in [9.17, 15) is 9.90 Å². The van der Waals surface area contributed by atoms with Crippen molar-refractivity contribution in [1.29, 1.82) is 0 Å². The Morgan fingerprint density at radius 2 is 2.00 bits per heavy atom. The molecule has 19 heavy (non-hydrogen) atoms. The molecule has 96 valence electrons. The normalized spacial score (nSPS) is 16.8. The van der Waals surface area contributed by atoms with Gasteiger partial charge in [0.1, 0.15) is 18.3 Å². The Bertz CT molecular complexity index is 652. The highest BCUT2D eigenvalue weighted by Crippen LogP contribution is 2.38. The highest BCUT2D eigenvalue weighted by molar-refractivity contribution is 9.10. The summed E-state index contributed by atoms with van der Waals surface area (Å²) in [5.41, 5.74) is 2.40. The van der Waals surface area contributed by atoms with Gasteiger partial charge in [-0.1, -0.05) is 40.2 Å². The zero-order valence-corrected chi connectivity index (χ0v) is 11.6. The van der Waals surface area contributed by atoms with E-state index in [0.717, 1.165) is 15.6 Å². The number of hydrogen-bond donors (Lipinski definition) is 1. The van der Waals surface area contributed by atoms with Gasteiger partial charge in [-0.05, 0) is 29.3 Å². The standard InChI is InChI=1S/C15H11BrO3/c16-10-5-6-13-12(7-10)14(15(17)18)11-4-2-1-3-9(11)8-19-13/h1-7,14H,8H2,(H,17,18). The summed E-state index contributed by atoms with van der Waals surface area (Å²) in [7, 11) is 0. The number of benzene rings is 2. The molecule has 3 rings (SSSR count). The predicted octanol–water partition coefficient (Wildman–Crippen LogP) is 3.56. The molecule has 1 atom stereocenters. The summed E-state index contributed by atoms with van der Waals surface area (Å²) < 4.78 is 6.57. The summed E-state index contributed by atoms with van der Waals surface area (Å²) in [6.07, 6.45) is 0. The van der Waals surface area contributed by atoms with Crippen LogP contribution < -0.4 is 4.74 Å². The smallest absolute Gasteiger partial charge is 0.315 e. The fraction of sp³-hybridized carbons (Fsp3) is 0.133. The molecule has 1 heterocycles. The van der Waals surface area contributed by atoms with Crippen LogP contribution in [0, 0.1) is 0 Å². The highest BCUT2D eigenvalue weighted by Gasteiger charge is 2.30. The summed E-state index contributed by atoms with van der Waals surface area (Å²) >= 11 is 3.38. The van der Waals surface area contributed by atoms with Crippen molar-refractivity contribution in [3.8, 4) is 5.75 Å². The van der Waals surface area contributed by atoms with Crippen LogP contribution in [-0.4, -0.2) is 11.1 Å². The van der Waals surface area contributed by atoms with Crippen LogP contribution in [0.25, 0.3) is 0 Å². The molecule has 0 aliphatic carbocycles. The molecule has 0 fully saturated rings. The Labute approximate surface area is 119 Å². The number of halogens is 1. The van der Waals surface area contributed by atoms with Gasteiger partial charge in [-0.25, -0.2) is 0 Å². The fourth-order valence-electron chi connectivity index (χ4n) is 2.41. The van der Waals surface area contributed by atoms with Crippen molar-refractivity contribution >= 4 is 21.9 Å². The topological polar surface area (TPSA) is 46.5 Å². The molecule has 2 aromatic rings. The van der Waals surface area contributed by atoms with E-state index in [1.165, 1.54) is 0 Å². The van der Waals surface area contributed by atoms with Crippen molar-refractivity contribution in [1.82, 2.24) is 0 Å². The van der Waals surface area contributed by atoms with E-state index in [-0.39, 0.29) is 0 Å². The maximum Gasteiger partial charge on any atom is 0.315 e. The summed E-state index contributed by atoms with van der Waals surface area (Å²) in [5.74, 6) is -0.921. The van der Waals surface area contributed by atoms with Gasteiger partial charge in [-0.2, -0.15) is 0 Å². The van der Waals surface area contributed by atoms with Crippen molar-refractivity contribution in [3.05, 3.63) is 63.6 Å². The number of carbonyl (C=O) groups is 1. The van der Waals surface area contributed by atoms with Crippen LogP contribution in [0.4, 0.5) is 0 Å². The molecule has 0 radical (unpaired) electrons. The van der Waals surface area contributed by atoms with Gasteiger partial charge in [0, 0.05) is 10.0 Å². The highest BCUT2D eigenvalue weighted by atomic mass is 79.9. The van der Waals surface area contributed by atoms with Gasteiger partial charge >= 0.3 is 5.97 Å². The van der Waals surface area contributed by atoms with Crippen molar-refractivity contribution in [3.63, 3.8) is 0 Å². The van der Waals surface area contributed by atoms with Gasteiger partial charge in [0.05, 0.1) is 0 Å². The summed E-state index contributed by atoms with van der Waals surface area (Å²) in [6.45, 7) is 0.397. The van der Waals surface area contributed by atoms with Crippen molar-refractivity contribution < 1.29 is 14.6 Å². The van der Waals surface area contributed by atoms with Gasteiger partial charge in [0.15, 0.2) is 0 Å². The van der Waals surface area contributed by atoms with E-state index in [0.29, 0.717) is 17.9 Å². The van der Waals surface area contributed by atoms with Crippen LogP contribution in [0.1, 0.15) is 22.6 Å². The number of hydrogen-bond acceptors (Lipinski definition) is 2. The molecule has 1 aliphatic rings. The molecule has 0 spiro atoms. The lowest BCUT2D eigenvalue weighted by Gasteiger charge is -2.14. The molecule has 0 saturated carbocycles. The maximum absolute atomic E-state index is 11.7. The minimum atomic E-state index is -0.864. The van der Waals surface area contributed by atoms with Gasteiger partial charge in [0.25, 0.3) is 0 Å². The van der Waals surface area contributed by atoms with Gasteiger partial charge in [0.2, 0.25) is 0 Å². The van der Waals surface area contributed by atoms with E-state index in [2.05, 4.69) is 15.9 Å². The Balaban J connectivity index is 2.25. The summed E-state index contributed by atoms with van der Waals surface area (Å²) in [6, 6.07) is 13.0. The monoisotopic (exact) mass is 318 g/mol. The van der Waals surface area contributed by atoms with Crippen LogP contribution in [0.5, 0.6) is 5.75 Å². The molecule has 4 heteroatoms. The van der Waals surface area contributed by atoms with Crippen molar-refractivity contribution in [2.75, 3.05) is 0 Å². The Kier molecular flexibility index (Phi) is 3.03. The van der Waals surface area contributed by atoms with E-state index in [1.54, 1.807) is 6.07 Å². The first-order chi connectivity index (χ1) is 9.16. The molecule has 1 unspecified atom stereocenters. The SMILES string of the molecule is O=C(O)C1c2ccccc2COc2ccc(Br)cc21. The lowest BCUT2D eigenvalue weighted by atomic mass is 9.88. The second-order valence-corrected chi connectivity index (χ2v) is 5.36. The first kappa shape index (κ1) is 12.2. The lowest BCUT2D eigenvalue weighted by Crippen LogP contribution is -2.13. The Morgan fingerprint density at radius 3 is 2.79 bits per heavy atom. The third kappa shape index (κ3) is 2.12. The molecule has 0 bridgehead atoms. The fourth-order valence-corrected chi connectivity index (χ4v) is 2.79. The molecule has 0 saturated heterocycles. The first-order valence-corrected chi connectivity index (χ1v) is 6.69. The third-order valence-electron chi connectivity index (χ3n) is 3.28. The molecular weight excluding hydrogens is 308 g/mol. The average Bonchev–Trinajstić information content (AvgIpc) is 2.54. The van der Waals surface area contributed by atoms with Crippen LogP contribution >= 0.6 is 15.9 Å². The number of rotatable bonds is 1. The summed E-state index contributed by atoms with van der Waals surface area (Å²) in [4.78, 5) is 11.7. The van der Waals surface area contributed by atoms with Gasteiger partial charge < -0.3 is 9.84 Å². The minimum absolute atomic E-state index is 0.397. The first-order valence-electron chi connectivity index (χ1n) is 5.89. The second-order valence-electron chi connectivity index (χ2n) is 4.44. The van der Waals surface area contributed by atoms with Crippen LogP contribution in [0.3, 0.4) is 0 Å². The van der Waals surface area contributed by atoms with Crippen LogP contribution in [-0.2, 0) is 11.4 Å². The molecule has 1 N–H and O–H groups in total. The lowest BCUT2D eigenvalue weighted by molar-refractivity contribution is -0.137. The number of fused-ring (bicyclic) bond motifs is 2. The molecule has 1 aliphatic heterocycles. The third-order valence-corrected chi connectivity index (χ3v) is 3.77. The van der Waals surface area contributed by atoms with Gasteiger partial charge in [-0.3, -0.25) is 4.79 Å². The molecule has 0 aromatic heterocycles. The van der Waals surface area contributed by atoms with Gasteiger partial charge in [-0.15, -0.1) is 0 Å². The minimum Gasteiger partial charge on any atom is -0.489 e. The predicted molar refractivity (Wildman–Crippen MR) is 74.4 cm³/mol. The average molecular weight is 319 g/mol. The van der Waals surface area contributed by atoms with E-state index in [4.69, 9.17) is 4.74 Å². The molecule has 3 nitrogen and oxygen atoms in total. The number of aliphatic carboxylic acids is 1. The zero-order chi connectivity index (χ0) is 13.4. The molecule has 2 aromatic carbocycles. The van der Waals surface area contributed by atoms with E-state index >= 15 is 0 Å². The maximum atomic E-state index is 11.7.